The Kier molecular flexibility index (Phi) is 3.22. The first kappa shape index (κ1) is 11.1. The van der Waals surface area contributed by atoms with Gasteiger partial charge in [-0.2, -0.15) is 0 Å². The van der Waals surface area contributed by atoms with E-state index >= 15 is 0 Å². The quantitative estimate of drug-likeness (QED) is 0.795. The van der Waals surface area contributed by atoms with Gasteiger partial charge in [0.25, 0.3) is 5.91 Å². The number of hydrogen-bond acceptors (Lipinski definition) is 3. The molecule has 0 bridgehead atoms. The van der Waals surface area contributed by atoms with Crippen LogP contribution in [-0.2, 0) is 0 Å². The van der Waals surface area contributed by atoms with Crippen LogP contribution in [0.4, 0.5) is 0 Å². The Labute approximate surface area is 95.0 Å². The van der Waals surface area contributed by atoms with E-state index in [-0.39, 0.29) is 17.8 Å². The molecule has 2 N–H and O–H groups in total. The van der Waals surface area contributed by atoms with E-state index in [0.29, 0.717) is 11.7 Å². The molecule has 2 atom stereocenters. The third-order valence-corrected chi connectivity index (χ3v) is 3.07. The molecule has 1 aromatic rings. The number of rotatable bonds is 2. The lowest BCUT2D eigenvalue weighted by Crippen LogP contribution is -2.38. The summed E-state index contributed by atoms with van der Waals surface area (Å²) in [6.07, 6.45) is 4.60. The highest BCUT2D eigenvalue weighted by atomic mass is 16.2. The molecule has 0 aliphatic heterocycles. The molecule has 1 fully saturated rings. The fourth-order valence-electron chi connectivity index (χ4n) is 2.26. The van der Waals surface area contributed by atoms with Gasteiger partial charge >= 0.3 is 0 Å². The van der Waals surface area contributed by atoms with Gasteiger partial charge in [0, 0.05) is 6.04 Å². The molecule has 88 valence electrons. The molecule has 5 nitrogen and oxygen atoms in total. The summed E-state index contributed by atoms with van der Waals surface area (Å²) in [5.41, 5.74) is 0. The summed E-state index contributed by atoms with van der Waals surface area (Å²) in [6, 6.07) is 0.287. The molecule has 0 spiro atoms. The maximum atomic E-state index is 11.8. The van der Waals surface area contributed by atoms with Crippen molar-refractivity contribution in [2.24, 2.45) is 5.92 Å². The van der Waals surface area contributed by atoms with E-state index in [2.05, 4.69) is 27.4 Å². The number of nitrogens with one attached hydrogen (secondary N) is 2. The van der Waals surface area contributed by atoms with E-state index in [1.807, 2.05) is 0 Å². The minimum absolute atomic E-state index is 0.163. The number of carbonyl (C=O) groups excluding carboxylic acids is 1. The van der Waals surface area contributed by atoms with Gasteiger partial charge in [-0.1, -0.05) is 19.8 Å². The molecule has 0 radical (unpaired) electrons. The van der Waals surface area contributed by atoms with E-state index in [0.717, 1.165) is 12.8 Å². The Morgan fingerprint density at radius 2 is 2.31 bits per heavy atom. The maximum absolute atomic E-state index is 11.8. The first-order valence-electron chi connectivity index (χ1n) is 5.85. The van der Waals surface area contributed by atoms with Crippen molar-refractivity contribution in [1.82, 2.24) is 20.5 Å². The molecule has 2 rings (SSSR count). The average Bonchev–Trinajstić information content (AvgIpc) is 2.65. The van der Waals surface area contributed by atoms with Gasteiger partial charge in [-0.15, -0.1) is 5.10 Å². The molecule has 1 heterocycles. The second-order valence-electron chi connectivity index (χ2n) is 4.69. The third-order valence-electron chi connectivity index (χ3n) is 3.07. The number of hydrogen-bond donors (Lipinski definition) is 2. The summed E-state index contributed by atoms with van der Waals surface area (Å²) in [5, 5.41) is 9.52. The van der Waals surface area contributed by atoms with Gasteiger partial charge < -0.3 is 5.32 Å². The molecular formula is C11H18N4O. The number of amides is 1. The van der Waals surface area contributed by atoms with Crippen LogP contribution in [0.3, 0.4) is 0 Å². The van der Waals surface area contributed by atoms with Gasteiger partial charge in [0.05, 0.1) is 0 Å². The average molecular weight is 222 g/mol. The molecule has 1 aromatic heterocycles. The van der Waals surface area contributed by atoms with E-state index < -0.39 is 0 Å². The highest BCUT2D eigenvalue weighted by Crippen LogP contribution is 2.23. The standard InChI is InChI=1S/C11H18N4O/c1-7-4-3-5-9(6-7)13-11(16)10-12-8(2)14-15-10/h7,9H,3-6H2,1-2H3,(H,13,16)(H,12,14,15). The van der Waals surface area contributed by atoms with Crippen LogP contribution in [0.1, 0.15) is 49.1 Å². The van der Waals surface area contributed by atoms with Crippen molar-refractivity contribution in [3.63, 3.8) is 0 Å². The van der Waals surface area contributed by atoms with Crippen molar-refractivity contribution in [1.29, 1.82) is 0 Å². The molecular weight excluding hydrogens is 204 g/mol. The van der Waals surface area contributed by atoms with Crippen LogP contribution in [0.2, 0.25) is 0 Å². The van der Waals surface area contributed by atoms with Gasteiger partial charge in [0.2, 0.25) is 5.82 Å². The van der Waals surface area contributed by atoms with Crippen LogP contribution < -0.4 is 5.32 Å². The molecule has 1 aliphatic carbocycles. The van der Waals surface area contributed by atoms with Crippen molar-refractivity contribution < 1.29 is 4.79 Å². The highest BCUT2D eigenvalue weighted by molar-refractivity contribution is 5.90. The van der Waals surface area contributed by atoms with Gasteiger partial charge in [0.15, 0.2) is 0 Å². The second kappa shape index (κ2) is 4.63. The lowest BCUT2D eigenvalue weighted by atomic mass is 9.87. The van der Waals surface area contributed by atoms with Gasteiger partial charge in [-0.25, -0.2) is 4.98 Å². The second-order valence-corrected chi connectivity index (χ2v) is 4.69. The zero-order valence-corrected chi connectivity index (χ0v) is 9.79. The zero-order chi connectivity index (χ0) is 11.5. The highest BCUT2D eigenvalue weighted by Gasteiger charge is 2.22. The van der Waals surface area contributed by atoms with Crippen molar-refractivity contribution in [2.45, 2.75) is 45.6 Å². The molecule has 16 heavy (non-hydrogen) atoms. The number of carbonyl (C=O) groups is 1. The summed E-state index contributed by atoms with van der Waals surface area (Å²) in [4.78, 5) is 15.8. The molecule has 0 aromatic carbocycles. The summed E-state index contributed by atoms with van der Waals surface area (Å²) in [5.74, 6) is 1.45. The Balaban J connectivity index is 1.92. The minimum atomic E-state index is -0.163. The minimum Gasteiger partial charge on any atom is -0.347 e. The zero-order valence-electron chi connectivity index (χ0n) is 9.79. The Bertz CT molecular complexity index is 374. The van der Waals surface area contributed by atoms with Crippen LogP contribution >= 0.6 is 0 Å². The van der Waals surface area contributed by atoms with Gasteiger partial charge in [-0.3, -0.25) is 9.89 Å². The lowest BCUT2D eigenvalue weighted by Gasteiger charge is -2.26. The van der Waals surface area contributed by atoms with Gasteiger partial charge in [-0.05, 0) is 25.7 Å². The van der Waals surface area contributed by atoms with Crippen LogP contribution in [0.25, 0.3) is 0 Å². The van der Waals surface area contributed by atoms with Crippen LogP contribution in [0.15, 0.2) is 0 Å². The molecule has 0 saturated heterocycles. The van der Waals surface area contributed by atoms with Crippen LogP contribution in [0.5, 0.6) is 0 Å². The summed E-state index contributed by atoms with van der Waals surface area (Å²) in [6.45, 7) is 4.02. The largest absolute Gasteiger partial charge is 0.347 e. The SMILES string of the molecule is Cc1nc(C(=O)NC2CCCC(C)C2)n[nH]1. The van der Waals surface area contributed by atoms with Crippen molar-refractivity contribution in [3.05, 3.63) is 11.6 Å². The van der Waals surface area contributed by atoms with Crippen molar-refractivity contribution in [3.8, 4) is 0 Å². The van der Waals surface area contributed by atoms with Crippen LogP contribution in [0, 0.1) is 12.8 Å². The predicted molar refractivity (Wildman–Crippen MR) is 60.0 cm³/mol. The maximum Gasteiger partial charge on any atom is 0.291 e. The number of aryl methyl sites for hydroxylation is 1. The van der Waals surface area contributed by atoms with E-state index in [1.165, 1.54) is 12.8 Å². The topological polar surface area (TPSA) is 70.7 Å². The number of H-pyrrole nitrogens is 1. The molecule has 1 aliphatic rings. The molecule has 1 amide bonds. The predicted octanol–water partition coefficient (Wildman–Crippen LogP) is 1.42. The third kappa shape index (κ3) is 2.59. The Morgan fingerprint density at radius 3 is 2.94 bits per heavy atom. The Hall–Kier alpha value is -1.39. The summed E-state index contributed by atoms with van der Waals surface area (Å²) in [7, 11) is 0. The first-order valence-corrected chi connectivity index (χ1v) is 5.85. The number of aromatic amines is 1. The van der Waals surface area contributed by atoms with E-state index in [4.69, 9.17) is 0 Å². The molecule has 2 unspecified atom stereocenters. The van der Waals surface area contributed by atoms with Crippen molar-refractivity contribution in [2.75, 3.05) is 0 Å². The monoisotopic (exact) mass is 222 g/mol. The fourth-order valence-corrected chi connectivity index (χ4v) is 2.26. The number of aromatic nitrogens is 3. The normalized spacial score (nSPS) is 25.4. The fraction of sp³-hybridized carbons (Fsp3) is 0.727. The van der Waals surface area contributed by atoms with Crippen LogP contribution in [-0.4, -0.2) is 27.1 Å². The van der Waals surface area contributed by atoms with E-state index in [1.54, 1.807) is 6.92 Å². The smallest absolute Gasteiger partial charge is 0.291 e. The lowest BCUT2D eigenvalue weighted by molar-refractivity contribution is 0.0911. The summed E-state index contributed by atoms with van der Waals surface area (Å²) >= 11 is 0. The van der Waals surface area contributed by atoms with E-state index in [9.17, 15) is 4.79 Å². The first-order chi connectivity index (χ1) is 7.65. The van der Waals surface area contributed by atoms with Crippen molar-refractivity contribution >= 4 is 5.91 Å². The summed E-state index contributed by atoms with van der Waals surface area (Å²) < 4.78 is 0. The number of nitrogens with zero attached hydrogens (tertiary/aromatic N) is 2. The Morgan fingerprint density at radius 1 is 1.50 bits per heavy atom. The van der Waals surface area contributed by atoms with Gasteiger partial charge in [0.1, 0.15) is 5.82 Å². The molecule has 5 heteroatoms. The molecule has 1 saturated carbocycles.